The lowest BCUT2D eigenvalue weighted by molar-refractivity contribution is -0.146. The van der Waals surface area contributed by atoms with Gasteiger partial charge in [-0.2, -0.15) is 0 Å². The number of aliphatic carboxylic acids is 1. The predicted octanol–water partition coefficient (Wildman–Crippen LogP) is 6.60. The van der Waals surface area contributed by atoms with Crippen LogP contribution in [0.3, 0.4) is 0 Å². The summed E-state index contributed by atoms with van der Waals surface area (Å²) in [5.41, 5.74) is -0.663. The van der Waals surface area contributed by atoms with E-state index in [1.54, 1.807) is 67.0 Å². The lowest BCUT2D eigenvalue weighted by Crippen LogP contribution is -2.59. The van der Waals surface area contributed by atoms with Crippen molar-refractivity contribution in [2.24, 2.45) is 11.3 Å². The van der Waals surface area contributed by atoms with Gasteiger partial charge >= 0.3 is 12.1 Å². The number of alkyl carbamates (subject to hydrolysis) is 1. The zero-order valence-corrected chi connectivity index (χ0v) is 34.0. The van der Waals surface area contributed by atoms with Crippen molar-refractivity contribution in [3.05, 3.63) is 66.7 Å². The van der Waals surface area contributed by atoms with Crippen molar-refractivity contribution < 1.29 is 43.1 Å². The van der Waals surface area contributed by atoms with Gasteiger partial charge in [0.05, 0.1) is 12.2 Å². The summed E-state index contributed by atoms with van der Waals surface area (Å²) < 4.78 is 30.4. The summed E-state index contributed by atoms with van der Waals surface area (Å²) in [4.78, 5) is 60.2. The lowest BCUT2D eigenvalue weighted by atomic mass is 9.85. The number of aromatic nitrogens is 1. The van der Waals surface area contributed by atoms with Crippen LogP contribution in [0.4, 0.5) is 4.79 Å². The molecule has 1 aliphatic carbocycles. The summed E-state index contributed by atoms with van der Waals surface area (Å²) in [5.74, 6) is -2.10. The molecule has 3 amide bonds. The maximum Gasteiger partial charge on any atom is 0.408 e. The number of carboxylic acid groups (broad SMARTS) is 1. The highest BCUT2D eigenvalue weighted by atomic mass is 31.2. The zero-order valence-electron chi connectivity index (χ0n) is 33.1. The fourth-order valence-corrected chi connectivity index (χ4v) is 7.04. The number of carboxylic acids is 1. The number of ether oxygens (including phenoxy) is 3. The minimum Gasteiger partial charge on any atom is -0.486 e. The van der Waals surface area contributed by atoms with E-state index in [2.05, 4.69) is 17.2 Å². The molecule has 0 radical (unpaired) electrons. The molecule has 5 unspecified atom stereocenters. The van der Waals surface area contributed by atoms with Gasteiger partial charge in [-0.05, 0) is 82.5 Å². The van der Waals surface area contributed by atoms with E-state index >= 15 is 0 Å². The van der Waals surface area contributed by atoms with Crippen LogP contribution in [0.2, 0.25) is 0 Å². The minimum absolute atomic E-state index is 0.0107. The maximum absolute atomic E-state index is 14.5. The predicted molar refractivity (Wildman–Crippen MR) is 211 cm³/mol. The molecule has 1 saturated heterocycles. The molecule has 2 heterocycles. The topological polar surface area (TPSA) is 173 Å². The van der Waals surface area contributed by atoms with E-state index < -0.39 is 71.7 Å². The first-order valence-corrected chi connectivity index (χ1v) is 21.1. The van der Waals surface area contributed by atoms with Crippen LogP contribution in [0.15, 0.2) is 61.2 Å². The molecule has 13 nitrogen and oxygen atoms in total. The highest BCUT2D eigenvalue weighted by molar-refractivity contribution is 7.62. The summed E-state index contributed by atoms with van der Waals surface area (Å²) in [7, 11) is -2.46. The fourth-order valence-electron chi connectivity index (χ4n) is 6.58. The summed E-state index contributed by atoms with van der Waals surface area (Å²) in [5, 5.41) is 16.9. The van der Waals surface area contributed by atoms with Crippen molar-refractivity contribution in [1.82, 2.24) is 20.5 Å². The molecule has 55 heavy (non-hydrogen) atoms. The quantitative estimate of drug-likeness (QED) is 0.134. The van der Waals surface area contributed by atoms with Crippen LogP contribution in [-0.2, 0) is 23.7 Å². The number of nitrogens with zero attached hydrogens (tertiary/aromatic N) is 2. The van der Waals surface area contributed by atoms with Gasteiger partial charge in [0, 0.05) is 23.3 Å². The second-order valence-electron chi connectivity index (χ2n) is 17.1. The number of benzene rings is 2. The third-order valence-electron chi connectivity index (χ3n) is 9.59. The summed E-state index contributed by atoms with van der Waals surface area (Å²) in [6.07, 6.45) is 0.194. The average molecular weight is 777 g/mol. The van der Waals surface area contributed by atoms with Crippen LogP contribution in [0.25, 0.3) is 22.0 Å². The van der Waals surface area contributed by atoms with Crippen LogP contribution >= 0.6 is 7.14 Å². The van der Waals surface area contributed by atoms with Crippen molar-refractivity contribution >= 4 is 41.8 Å². The van der Waals surface area contributed by atoms with Gasteiger partial charge in [-0.25, -0.2) is 14.6 Å². The molecule has 2 aliphatic rings. The summed E-state index contributed by atoms with van der Waals surface area (Å²) in [6, 6.07) is 12.9. The molecule has 1 aliphatic heterocycles. The highest BCUT2D eigenvalue weighted by Gasteiger charge is 2.61. The molecule has 2 aromatic carbocycles. The van der Waals surface area contributed by atoms with Gasteiger partial charge in [0.25, 0.3) is 0 Å². The molecular weight excluding hydrogens is 723 g/mol. The Morgan fingerprint density at radius 1 is 1.07 bits per heavy atom. The van der Waals surface area contributed by atoms with Crippen molar-refractivity contribution in [2.75, 3.05) is 26.2 Å². The van der Waals surface area contributed by atoms with Gasteiger partial charge in [-0.3, -0.25) is 9.59 Å². The standard InChI is InChI=1S/C41H53N4O9P/c1-11-27-21-41(27,37(48)49)44-34(46)32-20-29(22-45(32)36(47)33(39(3,4)5)43-38(50)54-40(6,7)8)53-35-30-17-16-28(52-23-55(9,10)51)18-26(30)19-31(42-35)25-14-12-24(2)13-15-25/h11-19,27,29,32-33H,1,20-23H2,2-10H3,(H,43,50)(H,44,46)(H,48,49). The van der Waals surface area contributed by atoms with E-state index in [1.165, 1.54) is 11.0 Å². The van der Waals surface area contributed by atoms with Gasteiger partial charge in [0.1, 0.15) is 48.6 Å². The number of fused-ring (bicyclic) bond motifs is 1. The van der Waals surface area contributed by atoms with Gasteiger partial charge in [-0.1, -0.05) is 56.7 Å². The molecule has 1 aromatic heterocycles. The Kier molecular flexibility index (Phi) is 11.5. The Morgan fingerprint density at radius 3 is 2.31 bits per heavy atom. The Balaban J connectivity index is 1.52. The van der Waals surface area contributed by atoms with E-state index in [9.17, 15) is 28.8 Å². The van der Waals surface area contributed by atoms with E-state index in [4.69, 9.17) is 19.2 Å². The highest BCUT2D eigenvalue weighted by Crippen LogP contribution is 2.45. The number of likely N-dealkylation sites (tertiary alicyclic amines) is 1. The Hall–Kier alpha value is -4.90. The number of hydrogen-bond acceptors (Lipinski definition) is 9. The molecule has 14 heteroatoms. The van der Waals surface area contributed by atoms with E-state index in [-0.39, 0.29) is 31.6 Å². The molecule has 3 aromatic rings. The van der Waals surface area contributed by atoms with Crippen LogP contribution in [0, 0.1) is 18.3 Å². The third-order valence-corrected chi connectivity index (χ3v) is 10.3. The van der Waals surface area contributed by atoms with E-state index in [0.29, 0.717) is 16.8 Å². The van der Waals surface area contributed by atoms with Crippen molar-refractivity contribution in [1.29, 1.82) is 0 Å². The Morgan fingerprint density at radius 2 is 1.75 bits per heavy atom. The second kappa shape index (κ2) is 15.3. The van der Waals surface area contributed by atoms with Gasteiger partial charge in [-0.15, -0.1) is 6.58 Å². The zero-order chi connectivity index (χ0) is 40.7. The number of rotatable bonds is 12. The summed E-state index contributed by atoms with van der Waals surface area (Å²) in [6.45, 7) is 19.4. The van der Waals surface area contributed by atoms with Crippen molar-refractivity contribution in [2.45, 2.75) is 90.6 Å². The number of pyridine rings is 1. The molecule has 296 valence electrons. The first-order valence-electron chi connectivity index (χ1n) is 18.3. The third kappa shape index (κ3) is 9.86. The SMILES string of the molecule is C=CC1CC1(NC(=O)C1CC(Oc2nc(-c3ccc(C)cc3)cc3cc(OCP(C)(C)=O)ccc23)CN1C(=O)C(NC(=O)OC(C)(C)C)C(C)(C)C)C(=O)O. The fraction of sp³-hybridized carbons (Fsp3) is 0.488. The lowest BCUT2D eigenvalue weighted by Gasteiger charge is -2.35. The first-order chi connectivity index (χ1) is 25.5. The molecule has 2 fully saturated rings. The molecular formula is C41H53N4O9P. The molecule has 5 rings (SSSR count). The Bertz CT molecular complexity index is 2030. The number of carbonyl (C=O) groups excluding carboxylic acids is 3. The summed E-state index contributed by atoms with van der Waals surface area (Å²) >= 11 is 0. The minimum atomic E-state index is -2.46. The maximum atomic E-state index is 14.5. The van der Waals surface area contributed by atoms with Crippen LogP contribution in [-0.4, -0.2) is 94.4 Å². The number of hydrogen-bond donors (Lipinski definition) is 3. The van der Waals surface area contributed by atoms with Crippen molar-refractivity contribution in [3.63, 3.8) is 0 Å². The average Bonchev–Trinajstić information content (AvgIpc) is 3.64. The normalized spacial score (nSPS) is 21.7. The number of nitrogens with one attached hydrogen (secondary N) is 2. The number of aryl methyl sites for hydroxylation is 1. The largest absolute Gasteiger partial charge is 0.486 e. The monoisotopic (exact) mass is 776 g/mol. The molecule has 1 saturated carbocycles. The molecule has 0 spiro atoms. The van der Waals surface area contributed by atoms with Gasteiger partial charge in [0.2, 0.25) is 17.7 Å². The van der Waals surface area contributed by atoms with Gasteiger partial charge < -0.3 is 39.4 Å². The Labute approximate surface area is 322 Å². The van der Waals surface area contributed by atoms with E-state index in [1.807, 2.05) is 43.3 Å². The molecule has 3 N–H and O–H groups in total. The van der Waals surface area contributed by atoms with Crippen LogP contribution < -0.4 is 20.1 Å². The first kappa shape index (κ1) is 41.3. The molecule has 5 atom stereocenters. The van der Waals surface area contributed by atoms with Gasteiger partial charge in [0.15, 0.2) is 0 Å². The van der Waals surface area contributed by atoms with Crippen LogP contribution in [0.1, 0.15) is 59.9 Å². The van der Waals surface area contributed by atoms with Crippen molar-refractivity contribution in [3.8, 4) is 22.9 Å². The molecule has 0 bridgehead atoms. The smallest absolute Gasteiger partial charge is 0.408 e. The second-order valence-corrected chi connectivity index (χ2v) is 20.6. The number of carbonyl (C=O) groups is 4. The van der Waals surface area contributed by atoms with Crippen LogP contribution in [0.5, 0.6) is 11.6 Å². The number of amides is 3. The van der Waals surface area contributed by atoms with E-state index in [0.717, 1.165) is 16.5 Å².